The maximum absolute atomic E-state index is 11.9. The molecule has 2 rings (SSSR count). The molecule has 0 saturated heterocycles. The third-order valence-corrected chi connectivity index (χ3v) is 3.63. The second kappa shape index (κ2) is 11.3. The molecule has 23 heavy (non-hydrogen) atoms. The first-order valence-electron chi connectivity index (χ1n) is 5.67. The van der Waals surface area contributed by atoms with E-state index in [1.807, 2.05) is 30.3 Å². The van der Waals surface area contributed by atoms with Crippen molar-refractivity contribution in [2.75, 3.05) is 0 Å². The summed E-state index contributed by atoms with van der Waals surface area (Å²) in [5.74, 6) is -0.704. The van der Waals surface area contributed by atoms with E-state index in [1.165, 1.54) is 17.2 Å². The van der Waals surface area contributed by atoms with E-state index < -0.39 is 16.9 Å². The molecule has 1 aromatic carbocycles. The summed E-state index contributed by atoms with van der Waals surface area (Å²) in [4.78, 5) is 13.4. The molecule has 2 aromatic rings. The minimum absolute atomic E-state index is 0. The van der Waals surface area contributed by atoms with Gasteiger partial charge in [0.25, 0.3) is 0 Å². The number of carbonyl (C=O) groups is 1. The molecule has 0 unspecified atom stereocenters. The van der Waals surface area contributed by atoms with Crippen molar-refractivity contribution in [3.63, 3.8) is 0 Å². The third kappa shape index (κ3) is 6.78. The predicted molar refractivity (Wildman–Crippen MR) is 81.9 cm³/mol. The van der Waals surface area contributed by atoms with Gasteiger partial charge in [-0.3, -0.25) is 4.91 Å². The van der Waals surface area contributed by atoms with Crippen LogP contribution in [0.15, 0.2) is 47.1 Å². The van der Waals surface area contributed by atoms with E-state index in [9.17, 15) is 13.2 Å². The number of hydrogen-bond acceptors (Lipinski definition) is 5. The Kier molecular flexibility index (Phi) is 10.6. The Balaban J connectivity index is 0.00000112. The van der Waals surface area contributed by atoms with Crippen molar-refractivity contribution in [3.05, 3.63) is 74.3 Å². The average molecular weight is 408 g/mol. The molecule has 0 aliphatic heterocycles. The van der Waals surface area contributed by atoms with Crippen LogP contribution in [0.3, 0.4) is 0 Å². The molecule has 1 aromatic heterocycles. The van der Waals surface area contributed by atoms with Crippen molar-refractivity contribution < 1.29 is 47.5 Å². The monoisotopic (exact) mass is 407 g/mol. The van der Waals surface area contributed by atoms with Gasteiger partial charge in [-0.2, -0.15) is 0 Å². The molecular formula is C12H9BrN4NaO4S-. The van der Waals surface area contributed by atoms with Crippen molar-refractivity contribution in [2.45, 2.75) is 6.61 Å². The summed E-state index contributed by atoms with van der Waals surface area (Å²) in [6, 6.07) is 10.6. The SMILES string of the molecule is O=C(OCc1ccccc1)c1c(Br)ccn1[S-](=O)=O.[N-]=[N+]=[N-].[Na+]. The number of rotatable bonds is 4. The van der Waals surface area contributed by atoms with Gasteiger partial charge in [0.2, 0.25) is 0 Å². The van der Waals surface area contributed by atoms with Crippen LogP contribution in [-0.2, 0) is 30.7 Å². The Bertz CT molecular complexity index is 750. The minimum Gasteiger partial charge on any atom is -0.456 e. The first-order chi connectivity index (χ1) is 10.5. The molecule has 0 radical (unpaired) electrons. The number of esters is 1. The van der Waals surface area contributed by atoms with E-state index in [4.69, 9.17) is 15.8 Å². The molecule has 0 atom stereocenters. The summed E-state index contributed by atoms with van der Waals surface area (Å²) in [5, 5.41) is 0. The number of hydrogen-bond donors (Lipinski definition) is 0. The van der Waals surface area contributed by atoms with Crippen molar-refractivity contribution in [2.24, 2.45) is 0 Å². The van der Waals surface area contributed by atoms with Gasteiger partial charge < -0.3 is 28.2 Å². The summed E-state index contributed by atoms with van der Waals surface area (Å²) in [5.41, 5.74) is 14.3. The standard InChI is InChI=1S/C12H9BrNO4S.N3.Na/c13-10-6-7-14(19(16)17)11(10)12(15)18-8-9-4-2-1-3-5-9;1-3-2;/h1-7H,8H2;;/q2*-1;+1. The summed E-state index contributed by atoms with van der Waals surface area (Å²) in [6.45, 7) is 0.0861. The van der Waals surface area contributed by atoms with Gasteiger partial charge in [0.1, 0.15) is 12.3 Å². The van der Waals surface area contributed by atoms with Crippen LogP contribution in [0, 0.1) is 0 Å². The van der Waals surface area contributed by atoms with Gasteiger partial charge in [-0.1, -0.05) is 30.3 Å². The van der Waals surface area contributed by atoms with E-state index in [1.54, 1.807) is 0 Å². The second-order valence-electron chi connectivity index (χ2n) is 3.71. The molecule has 0 bridgehead atoms. The minimum atomic E-state index is -2.55. The molecule has 11 heteroatoms. The molecule has 0 spiro atoms. The smallest absolute Gasteiger partial charge is 0.456 e. The van der Waals surface area contributed by atoms with Crippen molar-refractivity contribution >= 4 is 32.8 Å². The zero-order chi connectivity index (χ0) is 16.5. The third-order valence-electron chi connectivity index (χ3n) is 2.37. The number of aromatic nitrogens is 1. The molecule has 1 heterocycles. The zero-order valence-electron chi connectivity index (χ0n) is 12.0. The molecule has 0 amide bonds. The fourth-order valence-corrected chi connectivity index (χ4v) is 2.57. The van der Waals surface area contributed by atoms with E-state index >= 15 is 0 Å². The van der Waals surface area contributed by atoms with E-state index in [2.05, 4.69) is 15.9 Å². The molecule has 8 nitrogen and oxygen atoms in total. The van der Waals surface area contributed by atoms with Gasteiger partial charge in [0.05, 0.1) is 0 Å². The molecule has 116 valence electrons. The number of halogens is 1. The van der Waals surface area contributed by atoms with Crippen LogP contribution in [0.25, 0.3) is 16.0 Å². The topological polar surface area (TPSA) is 124 Å². The van der Waals surface area contributed by atoms with Crippen LogP contribution < -0.4 is 29.6 Å². The van der Waals surface area contributed by atoms with Gasteiger partial charge >= 0.3 is 35.5 Å². The van der Waals surface area contributed by atoms with Crippen molar-refractivity contribution in [1.82, 2.24) is 3.97 Å². The van der Waals surface area contributed by atoms with E-state index in [0.29, 0.717) is 4.47 Å². The largest absolute Gasteiger partial charge is 1.00 e. The summed E-state index contributed by atoms with van der Waals surface area (Å²) >= 11 is 3.12. The molecule has 0 aliphatic carbocycles. The maximum Gasteiger partial charge on any atom is 1.00 e. The van der Waals surface area contributed by atoms with Crippen LogP contribution in [0.1, 0.15) is 16.1 Å². The van der Waals surface area contributed by atoms with Crippen molar-refractivity contribution in [3.8, 4) is 0 Å². The molecule has 0 N–H and O–H groups in total. The van der Waals surface area contributed by atoms with Gasteiger partial charge in [0, 0.05) is 15.4 Å². The van der Waals surface area contributed by atoms with Crippen LogP contribution >= 0.6 is 15.9 Å². The fraction of sp³-hybridized carbons (Fsp3) is 0.0833. The number of benzene rings is 1. The van der Waals surface area contributed by atoms with E-state index in [0.717, 1.165) is 9.54 Å². The van der Waals surface area contributed by atoms with Crippen LogP contribution in [-0.4, -0.2) is 9.94 Å². The van der Waals surface area contributed by atoms with Crippen molar-refractivity contribution in [1.29, 1.82) is 0 Å². The van der Waals surface area contributed by atoms with Gasteiger partial charge in [-0.05, 0) is 33.8 Å². The van der Waals surface area contributed by atoms with E-state index in [-0.39, 0.29) is 41.9 Å². The van der Waals surface area contributed by atoms with Gasteiger partial charge in [0.15, 0.2) is 0 Å². The van der Waals surface area contributed by atoms with Gasteiger partial charge in [-0.15, -0.1) is 0 Å². The van der Waals surface area contributed by atoms with Crippen LogP contribution in [0.2, 0.25) is 0 Å². The molecule has 0 fully saturated rings. The Morgan fingerprint density at radius 1 is 1.22 bits per heavy atom. The first-order valence-corrected chi connectivity index (χ1v) is 7.49. The Hall–Kier alpha value is -1.29. The van der Waals surface area contributed by atoms with Crippen LogP contribution in [0.5, 0.6) is 0 Å². The summed E-state index contributed by atoms with van der Waals surface area (Å²) in [7, 11) is -2.55. The zero-order valence-corrected chi connectivity index (χ0v) is 16.4. The second-order valence-corrected chi connectivity index (χ2v) is 5.39. The Morgan fingerprint density at radius 2 is 1.78 bits per heavy atom. The Labute approximate surface area is 164 Å². The molecule has 0 aliphatic rings. The van der Waals surface area contributed by atoms with Gasteiger partial charge in [-0.25, -0.2) is 4.79 Å². The summed E-state index contributed by atoms with van der Waals surface area (Å²) in [6.07, 6.45) is 1.27. The normalized spacial score (nSPS) is 9.13. The molecule has 0 saturated carbocycles. The number of carbonyl (C=O) groups excluding carboxylic acids is 1. The quantitative estimate of drug-likeness (QED) is 0.183. The Morgan fingerprint density at radius 3 is 2.30 bits per heavy atom. The number of ether oxygens (including phenoxy) is 1. The molecular weight excluding hydrogens is 399 g/mol. The fourth-order valence-electron chi connectivity index (χ4n) is 1.50. The summed E-state index contributed by atoms with van der Waals surface area (Å²) < 4.78 is 28.2. The average Bonchev–Trinajstić information content (AvgIpc) is 2.89. The first kappa shape index (κ1) is 21.7. The maximum atomic E-state index is 11.9. The predicted octanol–water partition coefficient (Wildman–Crippen LogP) is 0.550. The number of nitrogens with zero attached hydrogens (tertiary/aromatic N) is 4. The van der Waals surface area contributed by atoms with Crippen LogP contribution in [0.4, 0.5) is 0 Å².